The van der Waals surface area contributed by atoms with Crippen LogP contribution >= 0.6 is 0 Å². The zero-order valence-corrected chi connectivity index (χ0v) is 18.6. The fraction of sp³-hybridized carbons (Fsp3) is 0.304. The van der Waals surface area contributed by atoms with Gasteiger partial charge in [-0.05, 0) is 43.8 Å². The lowest BCUT2D eigenvalue weighted by Gasteiger charge is -2.30. The van der Waals surface area contributed by atoms with E-state index in [1.165, 1.54) is 36.8 Å². The van der Waals surface area contributed by atoms with Crippen molar-refractivity contribution < 1.29 is 24.2 Å². The van der Waals surface area contributed by atoms with E-state index in [4.69, 9.17) is 20.0 Å². The van der Waals surface area contributed by atoms with E-state index in [1.807, 2.05) is 0 Å². The molecule has 1 saturated heterocycles. The molecular formula is C23H28N5O5+. The van der Waals surface area contributed by atoms with Gasteiger partial charge >= 0.3 is 0 Å². The zero-order chi connectivity index (χ0) is 23.8. The summed E-state index contributed by atoms with van der Waals surface area (Å²) < 4.78 is 11.6. The van der Waals surface area contributed by atoms with Gasteiger partial charge in [-0.1, -0.05) is 0 Å². The number of amidine groups is 1. The van der Waals surface area contributed by atoms with Crippen molar-refractivity contribution in [3.63, 3.8) is 0 Å². The molecule has 0 radical (unpaired) electrons. The van der Waals surface area contributed by atoms with E-state index in [2.05, 4.69) is 15.6 Å². The molecule has 1 aromatic carbocycles. The molecule has 0 aliphatic carbocycles. The smallest absolute Gasteiger partial charge is 0.257 e. The minimum absolute atomic E-state index is 0.0383. The Morgan fingerprint density at radius 2 is 1.91 bits per heavy atom. The molecule has 2 heterocycles. The Labute approximate surface area is 191 Å². The third-order valence-corrected chi connectivity index (χ3v) is 4.77. The average molecular weight is 455 g/mol. The molecule has 10 nitrogen and oxygen atoms in total. The lowest BCUT2D eigenvalue weighted by molar-refractivity contribution is 0.0651. The van der Waals surface area contributed by atoms with Gasteiger partial charge in [0.05, 0.1) is 11.8 Å². The Morgan fingerprint density at radius 3 is 2.58 bits per heavy atom. The van der Waals surface area contributed by atoms with Crippen LogP contribution in [0.3, 0.4) is 0 Å². The van der Waals surface area contributed by atoms with Gasteiger partial charge in [0.2, 0.25) is 0 Å². The molecule has 174 valence electrons. The summed E-state index contributed by atoms with van der Waals surface area (Å²) in [4.78, 5) is 31.0. The summed E-state index contributed by atoms with van der Waals surface area (Å²) in [6.45, 7) is 3.24. The highest BCUT2D eigenvalue weighted by Crippen LogP contribution is 2.29. The molecule has 1 aliphatic heterocycles. The number of likely N-dealkylation sites (tertiary alicyclic amines) is 1. The first-order chi connectivity index (χ1) is 15.9. The van der Waals surface area contributed by atoms with Gasteiger partial charge in [0, 0.05) is 38.0 Å². The van der Waals surface area contributed by atoms with Crippen LogP contribution in [0.25, 0.3) is 0 Å². The average Bonchev–Trinajstić information content (AvgIpc) is 2.76. The normalized spacial score (nSPS) is 13.7. The van der Waals surface area contributed by atoms with Gasteiger partial charge in [-0.2, -0.15) is 0 Å². The van der Waals surface area contributed by atoms with E-state index in [0.29, 0.717) is 22.8 Å². The molecule has 1 atom stereocenters. The maximum atomic E-state index is 12.7. The molecule has 5 N–H and O–H groups in total. The highest BCUT2D eigenvalue weighted by atomic mass is 16.5. The van der Waals surface area contributed by atoms with Gasteiger partial charge in [-0.25, -0.2) is 0 Å². The number of carbonyl (C=O) groups is 2. The van der Waals surface area contributed by atoms with Crippen LogP contribution in [0.15, 0.2) is 48.9 Å². The predicted molar refractivity (Wildman–Crippen MR) is 123 cm³/mol. The number of benzene rings is 1. The first-order valence-corrected chi connectivity index (χ1v) is 10.5. The minimum Gasteiger partial charge on any atom is -0.483 e. The number of carbonyl (C=O) groups excluding carboxylic acids is 2. The van der Waals surface area contributed by atoms with Crippen LogP contribution in [0.4, 0.5) is 0 Å². The van der Waals surface area contributed by atoms with E-state index >= 15 is 0 Å². The molecule has 3 rings (SSSR count). The second kappa shape index (κ2) is 11.1. The summed E-state index contributed by atoms with van der Waals surface area (Å²) in [5.41, 5.74) is 0.633. The molecule has 1 aliphatic rings. The van der Waals surface area contributed by atoms with Crippen molar-refractivity contribution in [2.75, 3.05) is 26.7 Å². The Hall–Kier alpha value is -3.92. The highest BCUT2D eigenvalue weighted by molar-refractivity contribution is 6.09. The minimum atomic E-state index is -0.519. The zero-order valence-electron chi connectivity index (χ0n) is 18.6. The van der Waals surface area contributed by atoms with E-state index in [-0.39, 0.29) is 23.9 Å². The molecule has 0 bridgehead atoms. The molecule has 0 saturated carbocycles. The Morgan fingerprint density at radius 1 is 1.18 bits per heavy atom. The van der Waals surface area contributed by atoms with Crippen molar-refractivity contribution in [3.8, 4) is 17.2 Å². The number of nitrogens with one attached hydrogen (secondary N) is 3. The van der Waals surface area contributed by atoms with Crippen LogP contribution in [-0.4, -0.2) is 65.5 Å². The molecule has 0 unspecified atom stereocenters. The van der Waals surface area contributed by atoms with Gasteiger partial charge < -0.3 is 30.1 Å². The second-order valence-electron chi connectivity index (χ2n) is 7.47. The summed E-state index contributed by atoms with van der Waals surface area (Å²) in [5.74, 6) is 0.258. The summed E-state index contributed by atoms with van der Waals surface area (Å²) in [5, 5.41) is 20.5. The number of pyridine rings is 1. The van der Waals surface area contributed by atoms with Crippen LogP contribution < -0.4 is 20.1 Å². The predicted octanol–water partition coefficient (Wildman–Crippen LogP) is 1.65. The highest BCUT2D eigenvalue weighted by Gasteiger charge is 2.22. The van der Waals surface area contributed by atoms with E-state index < -0.39 is 12.0 Å². The van der Waals surface area contributed by atoms with Crippen LogP contribution in [0.1, 0.15) is 34.1 Å². The molecule has 33 heavy (non-hydrogen) atoms. The molecule has 2 amide bonds. The number of aromatic nitrogens is 1. The number of ether oxygens (including phenoxy) is 2. The van der Waals surface area contributed by atoms with Crippen LogP contribution in [0.2, 0.25) is 0 Å². The number of hydrogen-bond acceptors (Lipinski definition) is 7. The first kappa shape index (κ1) is 23.7. The monoisotopic (exact) mass is 454 g/mol. The first-order valence-electron chi connectivity index (χ1n) is 10.5. The third kappa shape index (κ3) is 6.53. The van der Waals surface area contributed by atoms with Crippen molar-refractivity contribution in [2.24, 2.45) is 0 Å². The second-order valence-corrected chi connectivity index (χ2v) is 7.47. The largest absolute Gasteiger partial charge is 0.483 e. The fourth-order valence-corrected chi connectivity index (χ4v) is 2.94. The number of hydrogen-bond donors (Lipinski definition) is 3. The van der Waals surface area contributed by atoms with E-state index in [0.717, 1.165) is 19.5 Å². The van der Waals surface area contributed by atoms with Gasteiger partial charge in [-0.3, -0.25) is 20.0 Å². The molecule has 10 heteroatoms. The number of rotatable bonds is 9. The molecule has 0 spiro atoms. The lowest BCUT2D eigenvalue weighted by atomic mass is 10.1. The van der Waals surface area contributed by atoms with Crippen molar-refractivity contribution in [1.29, 1.82) is 5.41 Å². The standard InChI is InChI=1S/C23H27N5O5/c1-15(14-29)32-18-8-16(22(30)27-21(24)4-5-25-2)9-19(11-18)33-20-10-17(12-26-13-20)23(31)28-6-3-7-28/h4-5,8-13,15,25,29H,3,6-7,14H2,1-2H3,(H2,24,27,30)/p+1/b5-4-/t15-/m0/s1. The van der Waals surface area contributed by atoms with Crippen LogP contribution in [0, 0.1) is 5.41 Å². The molecule has 2 aromatic rings. The molecular weight excluding hydrogens is 426 g/mol. The topological polar surface area (TPSA) is 140 Å². The summed E-state index contributed by atoms with van der Waals surface area (Å²) in [6, 6.07) is 6.22. The number of nitrogens with zero attached hydrogens (tertiary/aromatic N) is 2. The van der Waals surface area contributed by atoms with Crippen LogP contribution in [-0.2, 0) is 0 Å². The summed E-state index contributed by atoms with van der Waals surface area (Å²) >= 11 is 0. The Bertz CT molecular complexity index is 1050. The van der Waals surface area contributed by atoms with Crippen molar-refractivity contribution in [2.45, 2.75) is 19.4 Å². The quantitative estimate of drug-likeness (QED) is 0.299. The van der Waals surface area contributed by atoms with Gasteiger partial charge in [0.25, 0.3) is 11.8 Å². The SMILES string of the molecule is CN/C=C\C(=N)NC(=O)c1cc(Oc2cncc(C(=O)N3CCC3)c2)cc(O[C@@H](C)C[OH2+])c1. The maximum Gasteiger partial charge on any atom is 0.257 e. The Balaban J connectivity index is 1.84. The van der Waals surface area contributed by atoms with Gasteiger partial charge in [-0.15, -0.1) is 0 Å². The summed E-state index contributed by atoms with van der Waals surface area (Å²) in [7, 11) is 1.69. The van der Waals surface area contributed by atoms with Gasteiger partial charge in [0.15, 0.2) is 12.7 Å². The molecule has 1 aromatic heterocycles. The molecule has 1 fully saturated rings. The number of amides is 2. The summed E-state index contributed by atoms with van der Waals surface area (Å²) in [6.07, 6.45) is 6.49. The van der Waals surface area contributed by atoms with E-state index in [1.54, 1.807) is 31.0 Å². The van der Waals surface area contributed by atoms with Crippen LogP contribution in [0.5, 0.6) is 17.2 Å². The van der Waals surface area contributed by atoms with Crippen molar-refractivity contribution >= 4 is 17.6 Å². The maximum absolute atomic E-state index is 12.7. The van der Waals surface area contributed by atoms with Crippen molar-refractivity contribution in [1.82, 2.24) is 20.5 Å². The Kier molecular flexibility index (Phi) is 7.98. The van der Waals surface area contributed by atoms with Crippen molar-refractivity contribution in [3.05, 3.63) is 60.1 Å². The van der Waals surface area contributed by atoms with Gasteiger partial charge in [0.1, 0.15) is 23.1 Å². The lowest BCUT2D eigenvalue weighted by Crippen LogP contribution is -2.42. The van der Waals surface area contributed by atoms with E-state index in [9.17, 15) is 9.59 Å². The fourth-order valence-electron chi connectivity index (χ4n) is 2.94. The third-order valence-electron chi connectivity index (χ3n) is 4.77.